The zero-order valence-corrected chi connectivity index (χ0v) is 20.7. The molecule has 8 nitrogen and oxygen atoms in total. The monoisotopic (exact) mass is 448 g/mol. The van der Waals surface area contributed by atoms with Crippen LogP contribution in [0.1, 0.15) is 53.4 Å². The zero-order chi connectivity index (χ0) is 22.7. The number of rotatable bonds is 6. The van der Waals surface area contributed by atoms with E-state index in [4.69, 9.17) is 9.73 Å². The van der Waals surface area contributed by atoms with Crippen molar-refractivity contribution >= 4 is 12.1 Å². The van der Waals surface area contributed by atoms with E-state index in [2.05, 4.69) is 26.9 Å². The summed E-state index contributed by atoms with van der Waals surface area (Å²) in [7, 11) is 0. The number of hydrogen-bond donors (Lipinski definition) is 1. The maximum absolute atomic E-state index is 12.9. The molecule has 5 fully saturated rings. The summed E-state index contributed by atoms with van der Waals surface area (Å²) in [5, 5.41) is 3.51. The number of nitrogens with one attached hydrogen (secondary N) is 1. The highest BCUT2D eigenvalue weighted by atomic mass is 16.6. The van der Waals surface area contributed by atoms with Gasteiger partial charge in [-0.2, -0.15) is 0 Å². The second kappa shape index (κ2) is 10.2. The average Bonchev–Trinajstić information content (AvgIpc) is 3.59. The van der Waals surface area contributed by atoms with Crippen molar-refractivity contribution in [3.05, 3.63) is 0 Å². The Morgan fingerprint density at radius 3 is 2.28 bits per heavy atom. The Morgan fingerprint density at radius 2 is 1.75 bits per heavy atom. The van der Waals surface area contributed by atoms with E-state index in [1.54, 1.807) is 0 Å². The van der Waals surface area contributed by atoms with E-state index in [0.29, 0.717) is 12.0 Å². The average molecular weight is 449 g/mol. The Bertz CT molecular complexity index is 658. The van der Waals surface area contributed by atoms with E-state index in [1.807, 2.05) is 25.7 Å². The molecule has 4 saturated heterocycles. The standard InChI is InChI=1S/C24H44N6O2/c1-5-25-22(26-16-21-18-27-12-14-28(21)15-13-27)29-10-8-20(9-11-29)30(17-19-6-7-19)23(31)32-24(2,3)4/h19-21H,5-18H2,1-4H3,(H,25,26). The lowest BCUT2D eigenvalue weighted by Crippen LogP contribution is -2.62. The quantitative estimate of drug-likeness (QED) is 0.496. The van der Waals surface area contributed by atoms with Crippen LogP contribution in [-0.4, -0.2) is 115 Å². The number of fused-ring (bicyclic) bond motifs is 3. The predicted octanol–water partition coefficient (Wildman–Crippen LogP) is 2.06. The molecule has 0 spiro atoms. The maximum Gasteiger partial charge on any atom is 0.410 e. The lowest BCUT2D eigenvalue weighted by atomic mass is 10.0. The van der Waals surface area contributed by atoms with Crippen molar-refractivity contribution in [2.24, 2.45) is 10.9 Å². The molecule has 32 heavy (non-hydrogen) atoms. The van der Waals surface area contributed by atoms with Crippen molar-refractivity contribution in [2.75, 3.05) is 65.4 Å². The molecule has 0 aromatic carbocycles. The van der Waals surface area contributed by atoms with Crippen LogP contribution in [0.4, 0.5) is 4.79 Å². The second-order valence-corrected chi connectivity index (χ2v) is 11.0. The summed E-state index contributed by atoms with van der Waals surface area (Å²) < 4.78 is 5.75. The summed E-state index contributed by atoms with van der Waals surface area (Å²) >= 11 is 0. The van der Waals surface area contributed by atoms with Crippen LogP contribution in [0.5, 0.6) is 0 Å². The zero-order valence-electron chi connectivity index (χ0n) is 20.7. The first-order chi connectivity index (χ1) is 15.3. The molecule has 1 aliphatic carbocycles. The molecule has 182 valence electrons. The normalized spacial score (nSPS) is 29.2. The topological polar surface area (TPSA) is 63.7 Å². The first kappa shape index (κ1) is 23.6. The van der Waals surface area contributed by atoms with Gasteiger partial charge < -0.3 is 19.9 Å². The van der Waals surface area contributed by atoms with Crippen LogP contribution in [0, 0.1) is 5.92 Å². The van der Waals surface area contributed by atoms with Gasteiger partial charge in [-0.05, 0) is 59.3 Å². The van der Waals surface area contributed by atoms with Gasteiger partial charge in [0.05, 0.1) is 6.54 Å². The molecular formula is C24H44N6O2. The number of ether oxygens (including phenoxy) is 1. The SMILES string of the molecule is CCNC(=NCC1CN2CCN1CC2)N1CCC(N(CC2CC2)C(=O)OC(C)(C)C)CC1. The predicted molar refractivity (Wildman–Crippen MR) is 128 cm³/mol. The number of carbonyl (C=O) groups is 1. The fourth-order valence-electron chi connectivity index (χ4n) is 5.18. The van der Waals surface area contributed by atoms with Crippen LogP contribution in [0.25, 0.3) is 0 Å². The number of hydrogen-bond acceptors (Lipinski definition) is 5. The van der Waals surface area contributed by atoms with Crippen molar-refractivity contribution in [1.29, 1.82) is 0 Å². The largest absolute Gasteiger partial charge is 0.444 e. The molecule has 1 N–H and O–H groups in total. The molecule has 0 aromatic rings. The molecule has 4 heterocycles. The van der Waals surface area contributed by atoms with Gasteiger partial charge in [-0.15, -0.1) is 0 Å². The highest BCUT2D eigenvalue weighted by Crippen LogP contribution is 2.32. The first-order valence-corrected chi connectivity index (χ1v) is 12.8. The molecule has 4 aliphatic heterocycles. The number of piperidine rings is 1. The molecule has 0 radical (unpaired) electrons. The van der Waals surface area contributed by atoms with Gasteiger partial charge in [0.1, 0.15) is 5.60 Å². The molecule has 0 aromatic heterocycles. The lowest BCUT2D eigenvalue weighted by Gasteiger charge is -2.47. The summed E-state index contributed by atoms with van der Waals surface area (Å²) in [6.07, 6.45) is 4.29. The summed E-state index contributed by atoms with van der Waals surface area (Å²) in [5.74, 6) is 1.70. The Hall–Kier alpha value is -1.54. The van der Waals surface area contributed by atoms with Gasteiger partial charge in [-0.1, -0.05) is 0 Å². The smallest absolute Gasteiger partial charge is 0.410 e. The van der Waals surface area contributed by atoms with E-state index in [0.717, 1.165) is 58.1 Å². The summed E-state index contributed by atoms with van der Waals surface area (Å²) in [6, 6.07) is 0.808. The third-order valence-corrected chi connectivity index (χ3v) is 7.16. The van der Waals surface area contributed by atoms with E-state index in [-0.39, 0.29) is 12.1 Å². The minimum Gasteiger partial charge on any atom is -0.444 e. The van der Waals surface area contributed by atoms with E-state index < -0.39 is 5.60 Å². The van der Waals surface area contributed by atoms with Gasteiger partial charge >= 0.3 is 6.09 Å². The number of carbonyl (C=O) groups excluding carboxylic acids is 1. The van der Waals surface area contributed by atoms with Crippen LogP contribution in [0.2, 0.25) is 0 Å². The van der Waals surface area contributed by atoms with E-state index in [9.17, 15) is 4.79 Å². The Balaban J connectivity index is 1.33. The van der Waals surface area contributed by atoms with Crippen LogP contribution >= 0.6 is 0 Å². The highest BCUT2D eigenvalue weighted by Gasteiger charge is 2.36. The van der Waals surface area contributed by atoms with Gasteiger partial charge in [0.15, 0.2) is 5.96 Å². The molecule has 2 bridgehead atoms. The van der Waals surface area contributed by atoms with Crippen LogP contribution < -0.4 is 5.32 Å². The molecular weight excluding hydrogens is 404 g/mol. The van der Waals surface area contributed by atoms with E-state index in [1.165, 1.54) is 39.0 Å². The van der Waals surface area contributed by atoms with Gasteiger partial charge in [0, 0.05) is 71.0 Å². The van der Waals surface area contributed by atoms with Crippen LogP contribution in [0.3, 0.4) is 0 Å². The number of guanidine groups is 1. The summed E-state index contributed by atoms with van der Waals surface area (Å²) in [4.78, 5) is 27.6. The van der Waals surface area contributed by atoms with Crippen molar-refractivity contribution in [3.63, 3.8) is 0 Å². The summed E-state index contributed by atoms with van der Waals surface area (Å²) in [5.41, 5.74) is -0.449. The van der Waals surface area contributed by atoms with E-state index >= 15 is 0 Å². The molecule has 1 amide bonds. The second-order valence-electron chi connectivity index (χ2n) is 11.0. The lowest BCUT2D eigenvalue weighted by molar-refractivity contribution is 0.00916. The van der Waals surface area contributed by atoms with Gasteiger partial charge in [-0.3, -0.25) is 14.8 Å². The number of aliphatic imine (C=N–C) groups is 1. The minimum absolute atomic E-state index is 0.139. The Labute approximate surface area is 194 Å². The summed E-state index contributed by atoms with van der Waals surface area (Å²) in [6.45, 7) is 18.4. The molecule has 1 atom stereocenters. The van der Waals surface area contributed by atoms with Gasteiger partial charge in [0.2, 0.25) is 0 Å². The minimum atomic E-state index is -0.449. The number of amides is 1. The number of piperazine rings is 3. The maximum atomic E-state index is 12.9. The fourth-order valence-corrected chi connectivity index (χ4v) is 5.18. The van der Waals surface area contributed by atoms with Crippen molar-refractivity contribution in [2.45, 2.75) is 71.1 Å². The van der Waals surface area contributed by atoms with Crippen molar-refractivity contribution in [3.8, 4) is 0 Å². The first-order valence-electron chi connectivity index (χ1n) is 12.8. The molecule has 1 saturated carbocycles. The number of likely N-dealkylation sites (tertiary alicyclic amines) is 1. The van der Waals surface area contributed by atoms with Crippen molar-refractivity contribution < 1.29 is 9.53 Å². The number of nitrogens with zero attached hydrogens (tertiary/aromatic N) is 5. The van der Waals surface area contributed by atoms with Crippen LogP contribution in [-0.2, 0) is 4.74 Å². The third kappa shape index (κ3) is 6.28. The highest BCUT2D eigenvalue weighted by molar-refractivity contribution is 5.80. The van der Waals surface area contributed by atoms with Gasteiger partial charge in [0.25, 0.3) is 0 Å². The molecule has 8 heteroatoms. The molecule has 1 unspecified atom stereocenters. The molecule has 5 rings (SSSR count). The van der Waals surface area contributed by atoms with Crippen molar-refractivity contribution in [1.82, 2.24) is 24.9 Å². The third-order valence-electron chi connectivity index (χ3n) is 7.16. The fraction of sp³-hybridized carbons (Fsp3) is 0.917. The van der Waals surface area contributed by atoms with Crippen LogP contribution in [0.15, 0.2) is 4.99 Å². The Kier molecular flexibility index (Phi) is 7.50. The van der Waals surface area contributed by atoms with Gasteiger partial charge in [-0.25, -0.2) is 4.79 Å². The Morgan fingerprint density at radius 1 is 1.06 bits per heavy atom. The molecule has 5 aliphatic rings.